The van der Waals surface area contributed by atoms with Gasteiger partial charge in [-0.15, -0.1) is 0 Å². The van der Waals surface area contributed by atoms with Crippen molar-refractivity contribution in [2.24, 2.45) is 5.41 Å². The van der Waals surface area contributed by atoms with Crippen LogP contribution in [-0.2, 0) is 0 Å². The summed E-state index contributed by atoms with van der Waals surface area (Å²) in [6.07, 6.45) is 0.781. The number of ketones is 1. The van der Waals surface area contributed by atoms with Gasteiger partial charge in [0, 0.05) is 43.3 Å². The molecule has 2 N–H and O–H groups in total. The van der Waals surface area contributed by atoms with Crippen LogP contribution in [0.15, 0.2) is 12.1 Å². The summed E-state index contributed by atoms with van der Waals surface area (Å²) in [6, 6.07) is 4.57. The quantitative estimate of drug-likeness (QED) is 0.763. The predicted octanol–water partition coefficient (Wildman–Crippen LogP) is 2.99. The van der Waals surface area contributed by atoms with Gasteiger partial charge < -0.3 is 15.0 Å². The molecule has 0 spiro atoms. The lowest BCUT2D eigenvalue weighted by Gasteiger charge is -2.41. The Hall–Kier alpha value is -1.92. The summed E-state index contributed by atoms with van der Waals surface area (Å²) < 4.78 is 0. The van der Waals surface area contributed by atoms with Gasteiger partial charge in [0.1, 0.15) is 0 Å². The first-order valence-electron chi connectivity index (χ1n) is 9.92. The average Bonchev–Trinajstić information content (AvgIpc) is 3.03. The SMILES string of the molecule is CCC(C)(C)C(=O)c1nc2cc(N3CCN(CCO)CC3C)c(C)cc2[nH]1. The standard InChI is InChI=1S/C21H32N4O2/c1-6-21(4,5)19(27)20-22-16-11-14(2)18(12-17(16)23-20)25-8-7-24(9-10-26)13-15(25)3/h11-12,15,26H,6-10,13H2,1-5H3,(H,22,23). The molecule has 0 amide bonds. The molecule has 27 heavy (non-hydrogen) atoms. The van der Waals surface area contributed by atoms with Gasteiger partial charge in [0.2, 0.25) is 5.78 Å². The van der Waals surface area contributed by atoms with Gasteiger partial charge in [0.25, 0.3) is 0 Å². The number of piperazine rings is 1. The molecule has 0 saturated carbocycles. The Morgan fingerprint density at radius 1 is 1.37 bits per heavy atom. The van der Waals surface area contributed by atoms with E-state index in [-0.39, 0.29) is 12.4 Å². The fourth-order valence-electron chi connectivity index (χ4n) is 3.79. The van der Waals surface area contributed by atoms with E-state index >= 15 is 0 Å². The summed E-state index contributed by atoms with van der Waals surface area (Å²) in [5, 5.41) is 9.18. The number of β-amino-alcohol motifs (C(OH)–C–C–N with tert-alkyl or cyclic N) is 1. The highest BCUT2D eigenvalue weighted by atomic mass is 16.3. The fourth-order valence-corrected chi connectivity index (χ4v) is 3.79. The topological polar surface area (TPSA) is 72.5 Å². The van der Waals surface area contributed by atoms with Crippen molar-refractivity contribution >= 4 is 22.5 Å². The molecule has 2 heterocycles. The number of aryl methyl sites for hydroxylation is 1. The molecule has 1 unspecified atom stereocenters. The van der Waals surface area contributed by atoms with Crippen LogP contribution in [0.3, 0.4) is 0 Å². The Morgan fingerprint density at radius 2 is 2.11 bits per heavy atom. The number of rotatable bonds is 6. The normalized spacial score (nSPS) is 19.0. The molecule has 1 fully saturated rings. The third-order valence-corrected chi connectivity index (χ3v) is 5.95. The van der Waals surface area contributed by atoms with Crippen molar-refractivity contribution in [2.75, 3.05) is 37.7 Å². The number of anilines is 1. The number of aliphatic hydroxyl groups excluding tert-OH is 1. The number of benzene rings is 1. The first kappa shape index (κ1) is 19.8. The zero-order chi connectivity index (χ0) is 19.8. The van der Waals surface area contributed by atoms with E-state index in [0.29, 0.717) is 11.9 Å². The van der Waals surface area contributed by atoms with E-state index in [1.54, 1.807) is 0 Å². The monoisotopic (exact) mass is 372 g/mol. The van der Waals surface area contributed by atoms with Gasteiger partial charge >= 0.3 is 0 Å². The molecule has 148 valence electrons. The Bertz CT molecular complexity index is 827. The van der Waals surface area contributed by atoms with Crippen molar-refractivity contribution in [1.82, 2.24) is 14.9 Å². The molecule has 1 atom stereocenters. The molecule has 2 aromatic rings. The molecular weight excluding hydrogens is 340 g/mol. The first-order chi connectivity index (χ1) is 12.8. The number of imidazole rings is 1. The fraction of sp³-hybridized carbons (Fsp3) is 0.619. The largest absolute Gasteiger partial charge is 0.395 e. The Balaban J connectivity index is 1.90. The lowest BCUT2D eigenvalue weighted by molar-refractivity contribution is 0.0823. The van der Waals surface area contributed by atoms with Gasteiger partial charge in [-0.3, -0.25) is 9.69 Å². The van der Waals surface area contributed by atoms with Crippen molar-refractivity contribution in [1.29, 1.82) is 0 Å². The van der Waals surface area contributed by atoms with Crippen LogP contribution in [0.1, 0.15) is 50.3 Å². The summed E-state index contributed by atoms with van der Waals surface area (Å²) in [4.78, 5) is 25.3. The molecule has 6 heteroatoms. The van der Waals surface area contributed by atoms with Gasteiger partial charge in [0.05, 0.1) is 17.6 Å². The van der Waals surface area contributed by atoms with E-state index in [9.17, 15) is 9.90 Å². The number of nitrogens with one attached hydrogen (secondary N) is 1. The zero-order valence-electron chi connectivity index (χ0n) is 17.2. The molecule has 0 bridgehead atoms. The summed E-state index contributed by atoms with van der Waals surface area (Å²) in [6.45, 7) is 14.0. The van der Waals surface area contributed by atoms with Gasteiger partial charge in [0.15, 0.2) is 5.82 Å². The number of nitrogens with zero attached hydrogens (tertiary/aromatic N) is 3. The number of carbonyl (C=O) groups excluding carboxylic acids is 1. The lowest BCUT2D eigenvalue weighted by Crippen LogP contribution is -2.52. The Kier molecular flexibility index (Phi) is 5.58. The number of aromatic amines is 1. The van der Waals surface area contributed by atoms with Crippen LogP contribution in [-0.4, -0.2) is 64.6 Å². The summed E-state index contributed by atoms with van der Waals surface area (Å²) in [5.74, 6) is 0.514. The van der Waals surface area contributed by atoms with E-state index in [1.165, 1.54) is 11.3 Å². The second-order valence-corrected chi connectivity index (χ2v) is 8.37. The van der Waals surface area contributed by atoms with Crippen LogP contribution < -0.4 is 4.90 Å². The highest BCUT2D eigenvalue weighted by Gasteiger charge is 2.30. The Morgan fingerprint density at radius 3 is 2.74 bits per heavy atom. The summed E-state index contributed by atoms with van der Waals surface area (Å²) in [7, 11) is 0. The average molecular weight is 373 g/mol. The minimum atomic E-state index is -0.413. The highest BCUT2D eigenvalue weighted by molar-refractivity contribution is 5.99. The molecule has 1 aromatic carbocycles. The van der Waals surface area contributed by atoms with Crippen LogP contribution in [0.2, 0.25) is 0 Å². The number of carbonyl (C=O) groups is 1. The molecule has 0 aliphatic carbocycles. The first-order valence-corrected chi connectivity index (χ1v) is 9.92. The molecule has 1 aliphatic heterocycles. The summed E-state index contributed by atoms with van der Waals surface area (Å²) in [5.41, 5.74) is 3.71. The lowest BCUT2D eigenvalue weighted by atomic mass is 9.85. The second kappa shape index (κ2) is 7.60. The van der Waals surface area contributed by atoms with E-state index in [0.717, 1.165) is 43.6 Å². The minimum absolute atomic E-state index is 0.0615. The van der Waals surface area contributed by atoms with Crippen molar-refractivity contribution < 1.29 is 9.90 Å². The number of aliphatic hydroxyl groups is 1. The molecule has 1 aromatic heterocycles. The maximum atomic E-state index is 12.8. The van der Waals surface area contributed by atoms with Crippen LogP contribution in [0.25, 0.3) is 11.0 Å². The highest BCUT2D eigenvalue weighted by Crippen LogP contribution is 2.30. The maximum absolute atomic E-state index is 12.8. The van der Waals surface area contributed by atoms with Gasteiger partial charge in [-0.2, -0.15) is 0 Å². The summed E-state index contributed by atoms with van der Waals surface area (Å²) >= 11 is 0. The van der Waals surface area contributed by atoms with Crippen molar-refractivity contribution in [3.05, 3.63) is 23.5 Å². The molecule has 0 radical (unpaired) electrons. The van der Waals surface area contributed by atoms with E-state index in [4.69, 9.17) is 0 Å². The number of fused-ring (bicyclic) bond motifs is 1. The van der Waals surface area contributed by atoms with Gasteiger partial charge in [-0.05, 0) is 38.0 Å². The van der Waals surface area contributed by atoms with Crippen molar-refractivity contribution in [3.8, 4) is 0 Å². The van der Waals surface area contributed by atoms with Crippen LogP contribution in [0.4, 0.5) is 5.69 Å². The van der Waals surface area contributed by atoms with Crippen LogP contribution in [0.5, 0.6) is 0 Å². The van der Waals surface area contributed by atoms with Crippen LogP contribution in [0, 0.1) is 12.3 Å². The number of hydrogen-bond acceptors (Lipinski definition) is 5. The third-order valence-electron chi connectivity index (χ3n) is 5.95. The maximum Gasteiger partial charge on any atom is 0.203 e. The second-order valence-electron chi connectivity index (χ2n) is 8.37. The molecule has 1 aliphatic rings. The Labute approximate surface area is 161 Å². The molecule has 3 rings (SSSR count). The smallest absolute Gasteiger partial charge is 0.203 e. The third kappa shape index (κ3) is 3.87. The number of hydrogen-bond donors (Lipinski definition) is 2. The molecule has 1 saturated heterocycles. The number of aromatic nitrogens is 2. The van der Waals surface area contributed by atoms with Gasteiger partial charge in [-0.25, -0.2) is 4.98 Å². The number of Topliss-reactive ketones (excluding diaryl/α,β-unsaturated/α-hetero) is 1. The predicted molar refractivity (Wildman–Crippen MR) is 110 cm³/mol. The zero-order valence-corrected chi connectivity index (χ0v) is 17.2. The van der Waals surface area contributed by atoms with E-state index in [1.807, 2.05) is 20.8 Å². The molecule has 6 nitrogen and oxygen atoms in total. The van der Waals surface area contributed by atoms with E-state index < -0.39 is 5.41 Å². The molecular formula is C21H32N4O2. The number of H-pyrrole nitrogens is 1. The van der Waals surface area contributed by atoms with E-state index in [2.05, 4.69) is 45.7 Å². The minimum Gasteiger partial charge on any atom is -0.395 e. The van der Waals surface area contributed by atoms with Crippen LogP contribution >= 0.6 is 0 Å². The van der Waals surface area contributed by atoms with Crippen molar-refractivity contribution in [3.63, 3.8) is 0 Å². The van der Waals surface area contributed by atoms with Gasteiger partial charge in [-0.1, -0.05) is 20.8 Å². The van der Waals surface area contributed by atoms with Crippen molar-refractivity contribution in [2.45, 2.75) is 47.1 Å².